The summed E-state index contributed by atoms with van der Waals surface area (Å²) < 4.78 is 23.1. The van der Waals surface area contributed by atoms with E-state index in [0.29, 0.717) is 12.1 Å². The summed E-state index contributed by atoms with van der Waals surface area (Å²) >= 11 is 5.58. The fourth-order valence-corrected chi connectivity index (χ4v) is 4.07. The highest BCUT2D eigenvalue weighted by atomic mass is 35.5. The summed E-state index contributed by atoms with van der Waals surface area (Å²) in [5.41, 5.74) is 0.466. The lowest BCUT2D eigenvalue weighted by atomic mass is 10.2. The number of halogens is 1. The molecule has 1 heterocycles. The Bertz CT molecular complexity index is 587. The first-order chi connectivity index (χ1) is 8.93. The Labute approximate surface area is 116 Å². The van der Waals surface area contributed by atoms with Gasteiger partial charge in [0.2, 0.25) is 5.91 Å². The largest absolute Gasteiger partial charge is 0.508 e. The molecule has 104 valence electrons. The van der Waals surface area contributed by atoms with Crippen LogP contribution in [0.2, 0.25) is 0 Å². The van der Waals surface area contributed by atoms with Gasteiger partial charge in [0, 0.05) is 11.8 Å². The molecule has 5 nitrogen and oxygen atoms in total. The lowest BCUT2D eigenvalue weighted by Crippen LogP contribution is -2.42. The van der Waals surface area contributed by atoms with Gasteiger partial charge in [0.1, 0.15) is 11.6 Å². The van der Waals surface area contributed by atoms with E-state index in [-0.39, 0.29) is 29.0 Å². The van der Waals surface area contributed by atoms with Crippen molar-refractivity contribution in [2.75, 3.05) is 22.3 Å². The molecule has 0 aromatic heterocycles. The van der Waals surface area contributed by atoms with Gasteiger partial charge in [-0.15, -0.1) is 11.6 Å². The Kier molecular flexibility index (Phi) is 4.01. The maximum absolute atomic E-state index is 11.9. The van der Waals surface area contributed by atoms with Gasteiger partial charge in [0.05, 0.1) is 17.5 Å². The molecule has 1 amide bonds. The van der Waals surface area contributed by atoms with E-state index in [1.165, 1.54) is 17.0 Å². The van der Waals surface area contributed by atoms with Gasteiger partial charge in [-0.25, -0.2) is 8.42 Å². The fourth-order valence-electron chi connectivity index (χ4n) is 2.24. The molecule has 0 spiro atoms. The molecule has 1 fully saturated rings. The van der Waals surface area contributed by atoms with Crippen LogP contribution in [-0.2, 0) is 14.6 Å². The van der Waals surface area contributed by atoms with E-state index in [4.69, 9.17) is 11.6 Å². The number of amides is 1. The average molecular weight is 304 g/mol. The molecule has 0 bridgehead atoms. The van der Waals surface area contributed by atoms with Crippen molar-refractivity contribution < 1.29 is 18.3 Å². The number of carbonyl (C=O) groups excluding carboxylic acids is 1. The van der Waals surface area contributed by atoms with Crippen LogP contribution in [0.4, 0.5) is 5.69 Å². The van der Waals surface area contributed by atoms with E-state index in [2.05, 4.69) is 0 Å². The predicted molar refractivity (Wildman–Crippen MR) is 73.4 cm³/mol. The van der Waals surface area contributed by atoms with Crippen molar-refractivity contribution in [3.8, 4) is 5.75 Å². The molecule has 0 saturated carbocycles. The molecule has 1 aromatic carbocycles. The number of hydrogen-bond acceptors (Lipinski definition) is 4. The molecular formula is C12H14ClNO4S. The van der Waals surface area contributed by atoms with Crippen molar-refractivity contribution >= 4 is 33.0 Å². The van der Waals surface area contributed by atoms with E-state index >= 15 is 0 Å². The Balaban J connectivity index is 2.35. The van der Waals surface area contributed by atoms with Crippen molar-refractivity contribution in [1.29, 1.82) is 0 Å². The Morgan fingerprint density at radius 1 is 1.47 bits per heavy atom. The second kappa shape index (κ2) is 5.38. The Morgan fingerprint density at radius 2 is 2.21 bits per heavy atom. The van der Waals surface area contributed by atoms with Gasteiger partial charge in [0.25, 0.3) is 0 Å². The molecular weight excluding hydrogens is 290 g/mol. The third kappa shape index (κ3) is 3.19. The minimum atomic E-state index is -3.10. The first kappa shape index (κ1) is 14.1. The zero-order chi connectivity index (χ0) is 14.0. The van der Waals surface area contributed by atoms with Gasteiger partial charge < -0.3 is 10.0 Å². The molecule has 1 aliphatic rings. The molecule has 1 atom stereocenters. The van der Waals surface area contributed by atoms with E-state index in [0.717, 1.165) is 0 Å². The number of nitrogens with zero attached hydrogens (tertiary/aromatic N) is 1. The van der Waals surface area contributed by atoms with E-state index in [9.17, 15) is 18.3 Å². The van der Waals surface area contributed by atoms with Crippen LogP contribution >= 0.6 is 11.6 Å². The summed E-state index contributed by atoms with van der Waals surface area (Å²) in [5, 5.41) is 9.47. The highest BCUT2D eigenvalue weighted by molar-refractivity contribution is 7.91. The van der Waals surface area contributed by atoms with Crippen molar-refractivity contribution in [2.24, 2.45) is 0 Å². The molecule has 2 rings (SSSR count). The lowest BCUT2D eigenvalue weighted by Gasteiger charge is -2.27. The van der Waals surface area contributed by atoms with E-state index in [1.54, 1.807) is 12.1 Å². The molecule has 7 heteroatoms. The topological polar surface area (TPSA) is 74.7 Å². The maximum atomic E-state index is 11.9. The van der Waals surface area contributed by atoms with Crippen LogP contribution in [0.1, 0.15) is 6.42 Å². The number of carbonyl (C=O) groups is 1. The number of aromatic hydroxyl groups is 1. The van der Waals surface area contributed by atoms with Crippen LogP contribution < -0.4 is 4.90 Å². The minimum Gasteiger partial charge on any atom is -0.508 e. The van der Waals surface area contributed by atoms with Gasteiger partial charge >= 0.3 is 0 Å². The fraction of sp³-hybridized carbons (Fsp3) is 0.417. The van der Waals surface area contributed by atoms with Gasteiger partial charge in [-0.05, 0) is 18.6 Å². The molecule has 1 aliphatic heterocycles. The standard InChI is InChI=1S/C12H14ClNO4S/c13-7-12(16)14(9-2-1-3-11(15)6-9)10-4-5-19(17,18)8-10/h1-3,6,10,15H,4-5,7-8H2. The summed E-state index contributed by atoms with van der Waals surface area (Å²) in [4.78, 5) is 13.3. The number of alkyl halides is 1. The first-order valence-corrected chi connectivity index (χ1v) is 8.16. The molecule has 0 aliphatic carbocycles. The summed E-state index contributed by atoms with van der Waals surface area (Å²) in [5.74, 6) is -0.569. The second-order valence-electron chi connectivity index (χ2n) is 4.47. The van der Waals surface area contributed by atoms with Crippen LogP contribution in [0.5, 0.6) is 5.75 Å². The molecule has 1 aromatic rings. The van der Waals surface area contributed by atoms with Gasteiger partial charge in [-0.2, -0.15) is 0 Å². The van der Waals surface area contributed by atoms with Crippen molar-refractivity contribution in [3.63, 3.8) is 0 Å². The monoisotopic (exact) mass is 303 g/mol. The van der Waals surface area contributed by atoms with Crippen molar-refractivity contribution in [1.82, 2.24) is 0 Å². The van der Waals surface area contributed by atoms with Crippen LogP contribution in [0.3, 0.4) is 0 Å². The number of benzene rings is 1. The van der Waals surface area contributed by atoms with E-state index in [1.807, 2.05) is 0 Å². The normalized spacial score (nSPS) is 21.2. The number of phenols is 1. The highest BCUT2D eigenvalue weighted by Gasteiger charge is 2.35. The van der Waals surface area contributed by atoms with Crippen molar-refractivity contribution in [3.05, 3.63) is 24.3 Å². The highest BCUT2D eigenvalue weighted by Crippen LogP contribution is 2.27. The molecule has 1 unspecified atom stereocenters. The number of anilines is 1. The van der Waals surface area contributed by atoms with Gasteiger partial charge in [-0.3, -0.25) is 4.79 Å². The zero-order valence-corrected chi connectivity index (χ0v) is 11.7. The third-order valence-electron chi connectivity index (χ3n) is 3.06. The third-order valence-corrected chi connectivity index (χ3v) is 5.04. The zero-order valence-electron chi connectivity index (χ0n) is 10.1. The lowest BCUT2D eigenvalue weighted by molar-refractivity contribution is -0.116. The number of rotatable bonds is 3. The molecule has 19 heavy (non-hydrogen) atoms. The minimum absolute atomic E-state index is 0.0192. The number of phenolic OH excluding ortho intramolecular Hbond substituents is 1. The SMILES string of the molecule is O=C(CCl)N(c1cccc(O)c1)C1CCS(=O)(=O)C1. The predicted octanol–water partition coefficient (Wildman–Crippen LogP) is 1.15. The van der Waals surface area contributed by atoms with Crippen LogP contribution in [0.15, 0.2) is 24.3 Å². The molecule has 1 saturated heterocycles. The van der Waals surface area contributed by atoms with Crippen LogP contribution in [-0.4, -0.2) is 42.9 Å². The quantitative estimate of drug-likeness (QED) is 0.850. The Morgan fingerprint density at radius 3 is 2.74 bits per heavy atom. The summed E-state index contributed by atoms with van der Waals surface area (Å²) in [7, 11) is -3.10. The number of sulfone groups is 1. The first-order valence-electron chi connectivity index (χ1n) is 5.80. The molecule has 0 radical (unpaired) electrons. The smallest absolute Gasteiger partial charge is 0.242 e. The average Bonchev–Trinajstić information content (AvgIpc) is 2.69. The maximum Gasteiger partial charge on any atom is 0.242 e. The summed E-state index contributed by atoms with van der Waals surface area (Å²) in [6, 6.07) is 5.74. The Hall–Kier alpha value is -1.27. The van der Waals surface area contributed by atoms with E-state index < -0.39 is 15.9 Å². The van der Waals surface area contributed by atoms with Crippen LogP contribution in [0.25, 0.3) is 0 Å². The number of hydrogen-bond donors (Lipinski definition) is 1. The van der Waals surface area contributed by atoms with Crippen LogP contribution in [0, 0.1) is 0 Å². The second-order valence-corrected chi connectivity index (χ2v) is 6.97. The van der Waals surface area contributed by atoms with Gasteiger partial charge in [-0.1, -0.05) is 6.07 Å². The molecule has 1 N–H and O–H groups in total. The summed E-state index contributed by atoms with van der Waals surface area (Å²) in [6.07, 6.45) is 0.390. The van der Waals surface area contributed by atoms with Crippen molar-refractivity contribution in [2.45, 2.75) is 12.5 Å². The van der Waals surface area contributed by atoms with Gasteiger partial charge in [0.15, 0.2) is 9.84 Å². The summed E-state index contributed by atoms with van der Waals surface area (Å²) in [6.45, 7) is 0.